The molecule has 0 saturated carbocycles. The van der Waals surface area contributed by atoms with E-state index in [0.29, 0.717) is 6.92 Å². The summed E-state index contributed by atoms with van der Waals surface area (Å²) in [5, 5.41) is -8.67. The van der Waals surface area contributed by atoms with Gasteiger partial charge in [0.2, 0.25) is 0 Å². The Kier molecular flexibility index (Phi) is 14.4. The molecule has 0 saturated heterocycles. The van der Waals surface area contributed by atoms with Gasteiger partial charge in [-0.1, -0.05) is 6.92 Å². The average Bonchev–Trinajstić information content (AvgIpc) is 2.90. The van der Waals surface area contributed by atoms with Gasteiger partial charge in [0.15, 0.2) is 0 Å². The Morgan fingerprint density at radius 3 is 1.10 bits per heavy atom. The second-order valence-corrected chi connectivity index (χ2v) is 11.7. The summed E-state index contributed by atoms with van der Waals surface area (Å²) in [6, 6.07) is -7.39. The predicted octanol–water partition coefficient (Wildman–Crippen LogP) is 5.63. The van der Waals surface area contributed by atoms with Crippen LogP contribution in [0.1, 0.15) is 34.1 Å². The summed E-state index contributed by atoms with van der Waals surface area (Å²) in [5.74, 6) is -54.6. The highest BCUT2D eigenvalue weighted by atomic mass is 79.9. The molecule has 0 aromatic rings. The minimum absolute atomic E-state index is 0. The van der Waals surface area contributed by atoms with Crippen molar-refractivity contribution < 1.29 is 136 Å². The van der Waals surface area contributed by atoms with Gasteiger partial charge in [-0.2, -0.15) is 96.9 Å². The van der Waals surface area contributed by atoms with Crippen molar-refractivity contribution in [3.05, 3.63) is 0 Å². The molecule has 0 radical (unpaired) electrons. The van der Waals surface area contributed by atoms with Gasteiger partial charge < -0.3 is 17.0 Å². The van der Waals surface area contributed by atoms with E-state index in [1.54, 1.807) is 0 Å². The van der Waals surface area contributed by atoms with Crippen LogP contribution in [0.15, 0.2) is 0 Å². The zero-order valence-corrected chi connectivity index (χ0v) is 27.0. The van der Waals surface area contributed by atoms with Gasteiger partial charge in [0.1, 0.15) is 0 Å². The first-order valence-corrected chi connectivity index (χ1v) is 14.0. The summed E-state index contributed by atoms with van der Waals surface area (Å²) in [7, 11) is -9.03. The summed E-state index contributed by atoms with van der Waals surface area (Å²) in [4.78, 5) is 0. The van der Waals surface area contributed by atoms with Gasteiger partial charge in [-0.3, -0.25) is 0 Å². The van der Waals surface area contributed by atoms with Crippen molar-refractivity contribution in [3.8, 4) is 0 Å². The molecule has 0 amide bonds. The van der Waals surface area contributed by atoms with Crippen molar-refractivity contribution in [1.29, 1.82) is 0 Å². The van der Waals surface area contributed by atoms with Crippen LogP contribution in [0.25, 0.3) is 0 Å². The van der Waals surface area contributed by atoms with Gasteiger partial charge in [0.25, 0.3) is 10.0 Å². The van der Waals surface area contributed by atoms with Crippen molar-refractivity contribution in [2.24, 2.45) is 0 Å². The number of hydrogen-bond donors (Lipinski definition) is 0. The van der Waals surface area contributed by atoms with Gasteiger partial charge in [0.05, 0.1) is 19.6 Å². The molecule has 50 heavy (non-hydrogen) atoms. The number of halogens is 24. The number of ether oxygens (including phenoxy) is 1. The van der Waals surface area contributed by atoms with Crippen molar-refractivity contribution in [3.63, 3.8) is 0 Å². The van der Waals surface area contributed by atoms with Crippen molar-refractivity contribution in [1.82, 2.24) is 4.31 Å². The van der Waals surface area contributed by atoms with E-state index in [2.05, 4.69) is 4.74 Å². The molecule has 0 aliphatic rings. The maximum atomic E-state index is 14.8. The van der Waals surface area contributed by atoms with Gasteiger partial charge in [-0.05, 0) is 27.2 Å². The topological polar surface area (TPSA) is 46.6 Å². The van der Waals surface area contributed by atoms with E-state index in [1.165, 1.54) is 0 Å². The second-order valence-electron chi connectivity index (χ2n) is 9.78. The van der Waals surface area contributed by atoms with Crippen molar-refractivity contribution >= 4 is 10.0 Å². The number of sulfonamides is 1. The van der Waals surface area contributed by atoms with Crippen molar-refractivity contribution in [2.45, 2.75) is 99.5 Å². The van der Waals surface area contributed by atoms with Crippen LogP contribution in [0, 0.1) is 0 Å². The maximum absolute atomic E-state index is 14.8. The molecule has 0 spiro atoms. The highest BCUT2D eigenvalue weighted by Gasteiger charge is 2.96. The van der Waals surface area contributed by atoms with Crippen LogP contribution in [0.3, 0.4) is 0 Å². The number of alkyl halides is 23. The van der Waals surface area contributed by atoms with Crippen LogP contribution in [0.4, 0.5) is 101 Å². The third-order valence-electron chi connectivity index (χ3n) is 7.02. The zero-order chi connectivity index (χ0) is 40.3. The predicted molar refractivity (Wildman–Crippen MR) is 114 cm³/mol. The molecule has 0 heterocycles. The molecule has 0 fully saturated rings. The molecular formula is C20H22BrF23N2O3S. The van der Waals surface area contributed by atoms with Gasteiger partial charge >= 0.3 is 65.4 Å². The Morgan fingerprint density at radius 1 is 0.520 bits per heavy atom. The molecule has 0 aromatic carbocycles. The maximum Gasteiger partial charge on any atom is 0.528 e. The van der Waals surface area contributed by atoms with Crippen LogP contribution >= 0.6 is 0 Å². The molecule has 304 valence electrons. The molecule has 0 rings (SSSR count). The van der Waals surface area contributed by atoms with E-state index in [4.69, 9.17) is 0 Å². The Balaban J connectivity index is 0. The summed E-state index contributed by atoms with van der Waals surface area (Å²) >= 11 is 0. The largest absolute Gasteiger partial charge is 1.00 e. The van der Waals surface area contributed by atoms with E-state index in [1.807, 2.05) is 0 Å². The lowest BCUT2D eigenvalue weighted by molar-refractivity contribution is -1.04. The van der Waals surface area contributed by atoms with Crippen LogP contribution in [0.2, 0.25) is 0 Å². The second kappa shape index (κ2) is 14.2. The SMILES string of the molecule is CCCN(C(F)(F)C(F)(F)OC(F)(F)[N+](CC)(CC)CC)S(=O)(=O)C(F)(F)C(F)(F)C(F)(F)C(F)(F)C(F)(F)C(F)(F)C(F)(F)C(F)(F)F.[Br-]. The quantitative estimate of drug-likeness (QED) is 0.0778. The summed E-state index contributed by atoms with van der Waals surface area (Å²) < 4.78 is 340. The monoisotopic (exact) mass is 886 g/mol. The molecule has 0 bridgehead atoms. The van der Waals surface area contributed by atoms with E-state index in [9.17, 15) is 109 Å². The normalized spacial score (nSPS) is 16.2. The minimum Gasteiger partial charge on any atom is -1.00 e. The Labute approximate surface area is 276 Å². The van der Waals surface area contributed by atoms with E-state index >= 15 is 0 Å². The van der Waals surface area contributed by atoms with E-state index in [0.717, 1.165) is 20.8 Å². The van der Waals surface area contributed by atoms with Crippen LogP contribution in [0.5, 0.6) is 0 Å². The summed E-state index contributed by atoms with van der Waals surface area (Å²) in [5.41, 5.74) is 0. The molecule has 0 aromatic heterocycles. The smallest absolute Gasteiger partial charge is 0.528 e. The first kappa shape index (κ1) is 50.8. The Hall–Kier alpha value is -1.30. The fourth-order valence-corrected chi connectivity index (χ4v) is 5.31. The van der Waals surface area contributed by atoms with Crippen molar-refractivity contribution in [2.75, 3.05) is 26.2 Å². The van der Waals surface area contributed by atoms with Crippen LogP contribution in [-0.4, -0.2) is 109 Å². The molecular weight excluding hydrogens is 865 g/mol. The van der Waals surface area contributed by atoms with E-state index < -0.39 is 117 Å². The fourth-order valence-electron chi connectivity index (χ4n) is 3.75. The van der Waals surface area contributed by atoms with Crippen LogP contribution < -0.4 is 17.0 Å². The molecule has 30 heteroatoms. The van der Waals surface area contributed by atoms with Gasteiger partial charge in [0, 0.05) is 6.54 Å². The lowest BCUT2D eigenvalue weighted by Crippen LogP contribution is -3.00. The zero-order valence-electron chi connectivity index (χ0n) is 24.6. The van der Waals surface area contributed by atoms with Crippen LogP contribution in [-0.2, 0) is 14.8 Å². The summed E-state index contributed by atoms with van der Waals surface area (Å²) in [6.45, 7) is -3.01. The molecule has 0 unspecified atom stereocenters. The molecule has 0 N–H and O–H groups in total. The lowest BCUT2D eigenvalue weighted by atomic mass is 9.91. The highest BCUT2D eigenvalue weighted by molar-refractivity contribution is 7.90. The average molecular weight is 887 g/mol. The lowest BCUT2D eigenvalue weighted by Gasteiger charge is -2.44. The fraction of sp³-hybridized carbons (Fsp3) is 1.00. The number of nitrogens with zero attached hydrogens (tertiary/aromatic N) is 2. The molecule has 5 nitrogen and oxygen atoms in total. The highest BCUT2D eigenvalue weighted by Crippen LogP contribution is 2.65. The first-order chi connectivity index (χ1) is 21.1. The Morgan fingerprint density at radius 2 is 0.820 bits per heavy atom. The standard InChI is InChI=1S/C20H22F23N2O3S.BrH/c1-5-9-44(17(36,37)18(38,39)48-20(42,43)45(6-2,7-3)8-4)49(46,47)19(40,41)15(31,32)13(27,28)11(23,24)10(21,22)12(25,26)14(29,30)16(33,34)35;/h5-9H2,1-4H3;1H/q+1;/p-1. The third-order valence-corrected chi connectivity index (χ3v) is 8.91. The number of quaternary nitrogens is 1. The molecule has 0 atom stereocenters. The minimum atomic E-state index is -9.34. The van der Waals surface area contributed by atoms with E-state index in [-0.39, 0.29) is 17.0 Å². The molecule has 0 aliphatic heterocycles. The Bertz CT molecular complexity index is 1260. The number of rotatable bonds is 18. The number of hydrogen-bond acceptors (Lipinski definition) is 3. The van der Waals surface area contributed by atoms with Gasteiger partial charge in [-0.25, -0.2) is 12.9 Å². The third kappa shape index (κ3) is 6.92. The first-order valence-electron chi connectivity index (χ1n) is 12.5. The summed E-state index contributed by atoms with van der Waals surface area (Å²) in [6.07, 6.45) is -22.5. The van der Waals surface area contributed by atoms with Gasteiger partial charge in [-0.15, -0.1) is 13.1 Å². The molecule has 0 aliphatic carbocycles.